The number of sulfonamides is 1. The van der Waals surface area contributed by atoms with Crippen LogP contribution in [0, 0.1) is 5.92 Å². The van der Waals surface area contributed by atoms with Crippen molar-refractivity contribution in [1.82, 2.24) is 4.31 Å². The fourth-order valence-corrected chi connectivity index (χ4v) is 4.21. The molecule has 90 valence electrons. The molecule has 5 heteroatoms. The topological polar surface area (TPSA) is 37.4 Å². The number of rotatable bonds is 3. The van der Waals surface area contributed by atoms with Crippen LogP contribution in [0.1, 0.15) is 33.1 Å². The molecule has 0 aromatic carbocycles. The average molecular weight is 298 g/mol. The number of nitrogens with zero attached hydrogens (tertiary/aromatic N) is 1. The minimum Gasteiger partial charge on any atom is -0.212 e. The molecular formula is C10H20BrNO2S. The third-order valence-corrected chi connectivity index (χ3v) is 5.71. The lowest BCUT2D eigenvalue weighted by Gasteiger charge is -2.20. The van der Waals surface area contributed by atoms with Gasteiger partial charge in [-0.25, -0.2) is 12.7 Å². The van der Waals surface area contributed by atoms with Crippen LogP contribution in [0.25, 0.3) is 0 Å². The van der Waals surface area contributed by atoms with E-state index in [4.69, 9.17) is 0 Å². The van der Waals surface area contributed by atoms with E-state index in [1.807, 2.05) is 13.8 Å². The first kappa shape index (κ1) is 13.5. The minimum atomic E-state index is -3.02. The maximum absolute atomic E-state index is 12.0. The molecule has 1 saturated heterocycles. The van der Waals surface area contributed by atoms with Gasteiger partial charge in [0.1, 0.15) is 0 Å². The van der Waals surface area contributed by atoms with Gasteiger partial charge in [-0.3, -0.25) is 0 Å². The van der Waals surface area contributed by atoms with Crippen molar-refractivity contribution in [3.8, 4) is 0 Å². The molecule has 1 aliphatic heterocycles. The highest BCUT2D eigenvalue weighted by molar-refractivity contribution is 9.09. The first-order valence-electron chi connectivity index (χ1n) is 5.53. The number of hydrogen-bond donors (Lipinski definition) is 0. The SMILES string of the molecule is CC(C)CS(=O)(=O)N1CCCC(Br)CC1. The van der Waals surface area contributed by atoms with Crippen molar-refractivity contribution >= 4 is 26.0 Å². The van der Waals surface area contributed by atoms with E-state index in [-0.39, 0.29) is 11.7 Å². The quantitative estimate of drug-likeness (QED) is 0.749. The molecule has 1 rings (SSSR count). The van der Waals surface area contributed by atoms with E-state index >= 15 is 0 Å². The van der Waals surface area contributed by atoms with Crippen LogP contribution in [0.15, 0.2) is 0 Å². The molecule has 0 N–H and O–H groups in total. The van der Waals surface area contributed by atoms with Gasteiger partial charge in [0.05, 0.1) is 5.75 Å². The monoisotopic (exact) mass is 297 g/mol. The summed E-state index contributed by atoms with van der Waals surface area (Å²) in [5.74, 6) is 0.484. The fourth-order valence-electron chi connectivity index (χ4n) is 1.83. The van der Waals surface area contributed by atoms with Crippen LogP contribution < -0.4 is 0 Å². The minimum absolute atomic E-state index is 0.207. The molecule has 0 radical (unpaired) electrons. The number of hydrogen-bond acceptors (Lipinski definition) is 2. The van der Waals surface area contributed by atoms with E-state index < -0.39 is 10.0 Å². The molecule has 0 aromatic rings. The van der Waals surface area contributed by atoms with Crippen LogP contribution in [-0.4, -0.2) is 36.4 Å². The molecule has 1 unspecified atom stereocenters. The van der Waals surface area contributed by atoms with Gasteiger partial charge in [0.25, 0.3) is 0 Å². The molecule has 0 amide bonds. The van der Waals surface area contributed by atoms with E-state index in [1.54, 1.807) is 4.31 Å². The molecule has 0 aliphatic carbocycles. The highest BCUT2D eigenvalue weighted by Crippen LogP contribution is 2.20. The van der Waals surface area contributed by atoms with Crippen molar-refractivity contribution in [2.24, 2.45) is 5.92 Å². The second-order valence-electron chi connectivity index (χ2n) is 4.60. The molecule has 1 aliphatic rings. The first-order valence-corrected chi connectivity index (χ1v) is 8.06. The van der Waals surface area contributed by atoms with Gasteiger partial charge in [-0.2, -0.15) is 0 Å². The highest BCUT2D eigenvalue weighted by Gasteiger charge is 2.25. The number of halogens is 1. The van der Waals surface area contributed by atoms with E-state index in [1.165, 1.54) is 0 Å². The van der Waals surface area contributed by atoms with Crippen molar-refractivity contribution in [3.05, 3.63) is 0 Å². The van der Waals surface area contributed by atoms with Crippen LogP contribution in [0.4, 0.5) is 0 Å². The summed E-state index contributed by atoms with van der Waals surface area (Å²) >= 11 is 3.56. The van der Waals surface area contributed by atoms with Gasteiger partial charge in [0.15, 0.2) is 0 Å². The largest absolute Gasteiger partial charge is 0.214 e. The smallest absolute Gasteiger partial charge is 0.212 e. The van der Waals surface area contributed by atoms with Crippen LogP contribution >= 0.6 is 15.9 Å². The first-order chi connectivity index (χ1) is 6.92. The normalized spacial score (nSPS) is 25.5. The zero-order valence-electron chi connectivity index (χ0n) is 9.45. The van der Waals surface area contributed by atoms with Crippen molar-refractivity contribution in [2.75, 3.05) is 18.8 Å². The van der Waals surface area contributed by atoms with Crippen LogP contribution in [0.5, 0.6) is 0 Å². The Morgan fingerprint density at radius 1 is 1.33 bits per heavy atom. The zero-order chi connectivity index (χ0) is 11.5. The summed E-state index contributed by atoms with van der Waals surface area (Å²) in [6.45, 7) is 5.26. The summed E-state index contributed by atoms with van der Waals surface area (Å²) in [6, 6.07) is 0. The third kappa shape index (κ3) is 4.41. The molecule has 1 atom stereocenters. The van der Waals surface area contributed by atoms with Gasteiger partial charge in [0, 0.05) is 17.9 Å². The summed E-state index contributed by atoms with van der Waals surface area (Å²) in [5.41, 5.74) is 0. The maximum Gasteiger partial charge on any atom is 0.214 e. The second-order valence-corrected chi connectivity index (χ2v) is 7.91. The highest BCUT2D eigenvalue weighted by atomic mass is 79.9. The zero-order valence-corrected chi connectivity index (χ0v) is 11.8. The van der Waals surface area contributed by atoms with Crippen LogP contribution in [0.3, 0.4) is 0 Å². The molecular weight excluding hydrogens is 278 g/mol. The van der Waals surface area contributed by atoms with Crippen LogP contribution in [0.2, 0.25) is 0 Å². The van der Waals surface area contributed by atoms with Crippen molar-refractivity contribution in [1.29, 1.82) is 0 Å². The Balaban J connectivity index is 2.62. The summed E-state index contributed by atoms with van der Waals surface area (Å²) in [4.78, 5) is 0.483. The lowest BCUT2D eigenvalue weighted by molar-refractivity contribution is 0.419. The summed E-state index contributed by atoms with van der Waals surface area (Å²) in [6.07, 6.45) is 2.97. The van der Waals surface area contributed by atoms with Gasteiger partial charge < -0.3 is 0 Å². The Labute approximate surface area is 101 Å². The van der Waals surface area contributed by atoms with Gasteiger partial charge >= 0.3 is 0 Å². The lowest BCUT2D eigenvalue weighted by atomic mass is 10.2. The Kier molecular flexibility index (Phi) is 5.06. The molecule has 15 heavy (non-hydrogen) atoms. The van der Waals surface area contributed by atoms with Gasteiger partial charge in [0.2, 0.25) is 10.0 Å². The second kappa shape index (κ2) is 5.64. The van der Waals surface area contributed by atoms with E-state index in [0.717, 1.165) is 19.3 Å². The molecule has 0 aromatic heterocycles. The Bertz CT molecular complexity index is 290. The molecule has 1 fully saturated rings. The van der Waals surface area contributed by atoms with Gasteiger partial charge in [-0.1, -0.05) is 29.8 Å². The van der Waals surface area contributed by atoms with E-state index in [2.05, 4.69) is 15.9 Å². The molecule has 0 saturated carbocycles. The van der Waals surface area contributed by atoms with Crippen molar-refractivity contribution < 1.29 is 8.42 Å². The third-order valence-electron chi connectivity index (χ3n) is 2.55. The average Bonchev–Trinajstić information content (AvgIpc) is 2.27. The fraction of sp³-hybridized carbons (Fsp3) is 1.00. The molecule has 1 heterocycles. The van der Waals surface area contributed by atoms with E-state index in [9.17, 15) is 8.42 Å². The Morgan fingerprint density at radius 3 is 2.60 bits per heavy atom. The number of alkyl halides is 1. The molecule has 0 spiro atoms. The predicted octanol–water partition coefficient (Wildman–Crippen LogP) is 2.22. The van der Waals surface area contributed by atoms with Crippen molar-refractivity contribution in [3.63, 3.8) is 0 Å². The summed E-state index contributed by atoms with van der Waals surface area (Å²) in [7, 11) is -3.02. The summed E-state index contributed by atoms with van der Waals surface area (Å²) < 4.78 is 25.6. The van der Waals surface area contributed by atoms with Crippen LogP contribution in [-0.2, 0) is 10.0 Å². The van der Waals surface area contributed by atoms with Gasteiger partial charge in [-0.05, 0) is 25.2 Å². The lowest BCUT2D eigenvalue weighted by Crippen LogP contribution is -2.35. The Hall–Kier alpha value is 0.390. The van der Waals surface area contributed by atoms with Crippen molar-refractivity contribution in [2.45, 2.75) is 37.9 Å². The standard InChI is InChI=1S/C10H20BrNO2S/c1-9(2)8-15(13,14)12-6-3-4-10(11)5-7-12/h9-10H,3-8H2,1-2H3. The predicted molar refractivity (Wildman–Crippen MR) is 66.8 cm³/mol. The van der Waals surface area contributed by atoms with Gasteiger partial charge in [-0.15, -0.1) is 0 Å². The maximum atomic E-state index is 12.0. The molecule has 3 nitrogen and oxygen atoms in total. The summed E-state index contributed by atoms with van der Waals surface area (Å²) in [5, 5.41) is 0. The molecule has 0 bridgehead atoms. The Morgan fingerprint density at radius 2 is 2.00 bits per heavy atom. The van der Waals surface area contributed by atoms with E-state index in [0.29, 0.717) is 17.9 Å².